The molecule has 1 saturated heterocycles. The molecule has 2 rings (SSSR count). The highest BCUT2D eigenvalue weighted by molar-refractivity contribution is 5.72. The summed E-state index contributed by atoms with van der Waals surface area (Å²) in [6, 6.07) is 9.17. The number of carbonyl (C=O) groups excluding carboxylic acids is 1. The predicted octanol–water partition coefficient (Wildman–Crippen LogP) is 5.87. The number of aryl methyl sites for hydroxylation is 2. The minimum absolute atomic E-state index is 0.0474. The summed E-state index contributed by atoms with van der Waals surface area (Å²) in [7, 11) is 0. The molecule has 0 aromatic heterocycles. The zero-order valence-electron chi connectivity index (χ0n) is 15.4. The summed E-state index contributed by atoms with van der Waals surface area (Å²) in [5.41, 5.74) is 2.94. The van der Waals surface area contributed by atoms with Gasteiger partial charge >= 0.3 is 5.97 Å². The fourth-order valence-corrected chi connectivity index (χ4v) is 3.59. The molecule has 1 atom stereocenters. The molecule has 1 aliphatic heterocycles. The average molecular weight is 331 g/mol. The van der Waals surface area contributed by atoms with Gasteiger partial charge in [0.15, 0.2) is 0 Å². The Bertz CT molecular complexity index is 463. The topological polar surface area (TPSA) is 26.3 Å². The number of benzene rings is 1. The molecule has 0 N–H and O–H groups in total. The van der Waals surface area contributed by atoms with Crippen LogP contribution in [0.5, 0.6) is 0 Å². The summed E-state index contributed by atoms with van der Waals surface area (Å²) in [6.07, 6.45) is 14.4. The van der Waals surface area contributed by atoms with Gasteiger partial charge in [0.25, 0.3) is 0 Å². The monoisotopic (exact) mass is 330 g/mol. The molecule has 24 heavy (non-hydrogen) atoms. The van der Waals surface area contributed by atoms with Gasteiger partial charge in [-0.3, -0.25) is 4.79 Å². The zero-order chi connectivity index (χ0) is 17.0. The number of hydrogen-bond acceptors (Lipinski definition) is 2. The van der Waals surface area contributed by atoms with Crippen LogP contribution < -0.4 is 0 Å². The third-order valence-electron chi connectivity index (χ3n) is 5.10. The van der Waals surface area contributed by atoms with Crippen LogP contribution in [-0.4, -0.2) is 12.6 Å². The van der Waals surface area contributed by atoms with Gasteiger partial charge in [0.05, 0.1) is 12.5 Å². The molecule has 2 nitrogen and oxygen atoms in total. The molecule has 1 aromatic rings. The molecule has 0 saturated carbocycles. The van der Waals surface area contributed by atoms with Gasteiger partial charge in [-0.25, -0.2) is 0 Å². The van der Waals surface area contributed by atoms with Crippen LogP contribution in [0.25, 0.3) is 0 Å². The van der Waals surface area contributed by atoms with Gasteiger partial charge in [0.2, 0.25) is 0 Å². The van der Waals surface area contributed by atoms with Gasteiger partial charge in [-0.15, -0.1) is 0 Å². The molecule has 1 aromatic carbocycles. The van der Waals surface area contributed by atoms with Crippen molar-refractivity contribution in [3.63, 3.8) is 0 Å². The SMILES string of the molecule is CCCc1ccc(CCCCCCCCC2CCCOC2=O)cc1. The van der Waals surface area contributed by atoms with Crippen molar-refractivity contribution >= 4 is 5.97 Å². The summed E-state index contributed by atoms with van der Waals surface area (Å²) >= 11 is 0. The first-order chi connectivity index (χ1) is 11.8. The Morgan fingerprint density at radius 3 is 2.21 bits per heavy atom. The highest BCUT2D eigenvalue weighted by atomic mass is 16.5. The van der Waals surface area contributed by atoms with Crippen molar-refractivity contribution in [2.75, 3.05) is 6.61 Å². The third kappa shape index (κ3) is 7.07. The van der Waals surface area contributed by atoms with Crippen LogP contribution in [0.4, 0.5) is 0 Å². The number of hydrogen-bond donors (Lipinski definition) is 0. The zero-order valence-corrected chi connectivity index (χ0v) is 15.4. The van der Waals surface area contributed by atoms with Crippen LogP contribution in [0.2, 0.25) is 0 Å². The lowest BCUT2D eigenvalue weighted by molar-refractivity contribution is -0.153. The van der Waals surface area contributed by atoms with Crippen molar-refractivity contribution in [3.8, 4) is 0 Å². The quantitative estimate of drug-likeness (QED) is 0.375. The lowest BCUT2D eigenvalue weighted by Crippen LogP contribution is -2.23. The van der Waals surface area contributed by atoms with E-state index in [2.05, 4.69) is 31.2 Å². The molecule has 1 unspecified atom stereocenters. The van der Waals surface area contributed by atoms with E-state index in [9.17, 15) is 4.79 Å². The maximum Gasteiger partial charge on any atom is 0.308 e. The Morgan fingerprint density at radius 1 is 0.917 bits per heavy atom. The number of carbonyl (C=O) groups is 1. The summed E-state index contributed by atoms with van der Waals surface area (Å²) in [6.45, 7) is 2.87. The van der Waals surface area contributed by atoms with Crippen molar-refractivity contribution in [1.29, 1.82) is 0 Å². The summed E-state index contributed by atoms with van der Waals surface area (Å²) in [5, 5.41) is 0. The number of esters is 1. The Labute approximate surface area is 148 Å². The molecule has 1 heterocycles. The summed E-state index contributed by atoms with van der Waals surface area (Å²) < 4.78 is 5.12. The summed E-state index contributed by atoms with van der Waals surface area (Å²) in [4.78, 5) is 11.6. The first kappa shape index (κ1) is 19.0. The van der Waals surface area contributed by atoms with E-state index in [-0.39, 0.29) is 11.9 Å². The minimum atomic E-state index is 0.0474. The van der Waals surface area contributed by atoms with Crippen LogP contribution in [0.15, 0.2) is 24.3 Å². The largest absolute Gasteiger partial charge is 0.465 e. The Kier molecular flexibility index (Phi) is 8.94. The van der Waals surface area contributed by atoms with Gasteiger partial charge in [-0.1, -0.05) is 69.7 Å². The van der Waals surface area contributed by atoms with E-state index in [1.165, 1.54) is 68.9 Å². The molecule has 134 valence electrons. The lowest BCUT2D eigenvalue weighted by Gasteiger charge is -2.20. The lowest BCUT2D eigenvalue weighted by atomic mass is 9.94. The fourth-order valence-electron chi connectivity index (χ4n) is 3.59. The Hall–Kier alpha value is -1.31. The van der Waals surface area contributed by atoms with Gasteiger partial charge in [-0.05, 0) is 49.7 Å². The average Bonchev–Trinajstić information content (AvgIpc) is 2.60. The number of ether oxygens (including phenoxy) is 1. The molecule has 0 amide bonds. The second-order valence-electron chi connectivity index (χ2n) is 7.23. The molecule has 1 fully saturated rings. The van der Waals surface area contributed by atoms with E-state index in [0.29, 0.717) is 6.61 Å². The minimum Gasteiger partial charge on any atom is -0.465 e. The predicted molar refractivity (Wildman–Crippen MR) is 100 cm³/mol. The maximum absolute atomic E-state index is 11.6. The second kappa shape index (κ2) is 11.3. The van der Waals surface area contributed by atoms with Crippen LogP contribution in [0, 0.1) is 5.92 Å². The third-order valence-corrected chi connectivity index (χ3v) is 5.10. The van der Waals surface area contributed by atoms with Crippen molar-refractivity contribution in [1.82, 2.24) is 0 Å². The highest BCUT2D eigenvalue weighted by Crippen LogP contribution is 2.22. The van der Waals surface area contributed by atoms with E-state index in [0.717, 1.165) is 19.3 Å². The molecule has 0 radical (unpaired) electrons. The van der Waals surface area contributed by atoms with Crippen molar-refractivity contribution in [3.05, 3.63) is 35.4 Å². The first-order valence-electron chi connectivity index (χ1n) is 10.0. The Morgan fingerprint density at radius 2 is 1.54 bits per heavy atom. The standard InChI is InChI=1S/C22H34O2/c1-2-10-19-14-16-20(17-15-19)11-7-5-3-4-6-8-12-21-13-9-18-24-22(21)23/h14-17,21H,2-13,18H2,1H3. The van der Waals surface area contributed by atoms with E-state index in [4.69, 9.17) is 4.74 Å². The highest BCUT2D eigenvalue weighted by Gasteiger charge is 2.22. The van der Waals surface area contributed by atoms with Gasteiger partial charge in [0, 0.05) is 0 Å². The van der Waals surface area contributed by atoms with Crippen LogP contribution in [0.3, 0.4) is 0 Å². The second-order valence-corrected chi connectivity index (χ2v) is 7.23. The fraction of sp³-hybridized carbons (Fsp3) is 0.682. The number of unbranched alkanes of at least 4 members (excludes halogenated alkanes) is 5. The van der Waals surface area contributed by atoms with E-state index in [1.807, 2.05) is 0 Å². The Balaban J connectivity index is 1.45. The van der Waals surface area contributed by atoms with Gasteiger partial charge in [-0.2, -0.15) is 0 Å². The first-order valence-corrected chi connectivity index (χ1v) is 10.0. The van der Waals surface area contributed by atoms with Crippen molar-refractivity contribution in [2.24, 2.45) is 5.92 Å². The maximum atomic E-state index is 11.6. The molecular weight excluding hydrogens is 296 g/mol. The molecule has 0 aliphatic carbocycles. The van der Waals surface area contributed by atoms with Crippen molar-refractivity contribution < 1.29 is 9.53 Å². The number of cyclic esters (lactones) is 1. The summed E-state index contributed by atoms with van der Waals surface area (Å²) in [5.74, 6) is 0.237. The number of rotatable bonds is 11. The van der Waals surface area contributed by atoms with E-state index in [1.54, 1.807) is 0 Å². The van der Waals surface area contributed by atoms with E-state index >= 15 is 0 Å². The molecule has 0 bridgehead atoms. The molecular formula is C22H34O2. The molecule has 0 spiro atoms. The van der Waals surface area contributed by atoms with Crippen LogP contribution in [-0.2, 0) is 22.4 Å². The van der Waals surface area contributed by atoms with Crippen molar-refractivity contribution in [2.45, 2.75) is 84.0 Å². The van der Waals surface area contributed by atoms with Crippen LogP contribution >= 0.6 is 0 Å². The molecule has 1 aliphatic rings. The van der Waals surface area contributed by atoms with Gasteiger partial charge < -0.3 is 4.74 Å². The molecule has 2 heteroatoms. The van der Waals surface area contributed by atoms with Gasteiger partial charge in [0.1, 0.15) is 0 Å². The van der Waals surface area contributed by atoms with Crippen LogP contribution in [0.1, 0.15) is 82.3 Å². The normalized spacial score (nSPS) is 17.7. The smallest absolute Gasteiger partial charge is 0.308 e. The van der Waals surface area contributed by atoms with E-state index < -0.39 is 0 Å².